The highest BCUT2D eigenvalue weighted by Crippen LogP contribution is 2.20. The van der Waals surface area contributed by atoms with Gasteiger partial charge in [0.05, 0.1) is 12.2 Å². The number of H-pyrrole nitrogens is 1. The highest BCUT2D eigenvalue weighted by atomic mass is 32.1. The molecule has 0 radical (unpaired) electrons. The van der Waals surface area contributed by atoms with E-state index in [4.69, 9.17) is 4.74 Å². The van der Waals surface area contributed by atoms with Gasteiger partial charge in [-0.3, -0.25) is 9.89 Å². The van der Waals surface area contributed by atoms with Crippen LogP contribution in [0.3, 0.4) is 0 Å². The first kappa shape index (κ1) is 15.1. The molecule has 1 amide bonds. The van der Waals surface area contributed by atoms with Crippen molar-refractivity contribution < 1.29 is 9.53 Å². The maximum atomic E-state index is 12.3. The van der Waals surface area contributed by atoms with E-state index in [-0.39, 0.29) is 12.0 Å². The number of nitrogens with one attached hydrogen (secondary N) is 3. The molecule has 118 valence electrons. The number of aromatic amines is 1. The third-order valence-corrected chi connectivity index (χ3v) is 4.78. The molecule has 0 bridgehead atoms. The van der Waals surface area contributed by atoms with Gasteiger partial charge >= 0.3 is 0 Å². The lowest BCUT2D eigenvalue weighted by Crippen LogP contribution is -2.28. The lowest BCUT2D eigenvalue weighted by molar-refractivity contribution is 0.0944. The molecule has 3 rings (SSSR count). The molecule has 0 saturated carbocycles. The van der Waals surface area contributed by atoms with Crippen LogP contribution in [0.2, 0.25) is 0 Å². The van der Waals surface area contributed by atoms with E-state index in [0.29, 0.717) is 18.8 Å². The lowest BCUT2D eigenvalue weighted by Gasteiger charge is -2.12. The lowest BCUT2D eigenvalue weighted by atomic mass is 10.1. The van der Waals surface area contributed by atoms with Gasteiger partial charge in [0.1, 0.15) is 11.1 Å². The molecule has 1 aliphatic heterocycles. The van der Waals surface area contributed by atoms with Crippen molar-refractivity contribution >= 4 is 17.2 Å². The number of ether oxygens (including phenoxy) is 1. The van der Waals surface area contributed by atoms with Crippen LogP contribution in [0.5, 0.6) is 0 Å². The summed E-state index contributed by atoms with van der Waals surface area (Å²) in [5.41, 5.74) is 3.33. The molecule has 0 spiro atoms. The minimum absolute atomic E-state index is 0.0288. The summed E-state index contributed by atoms with van der Waals surface area (Å²) in [7, 11) is 1.66. The van der Waals surface area contributed by atoms with E-state index in [1.165, 1.54) is 11.3 Å². The van der Waals surface area contributed by atoms with E-state index >= 15 is 0 Å². The van der Waals surface area contributed by atoms with E-state index in [2.05, 4.69) is 25.8 Å². The first-order chi connectivity index (χ1) is 10.7. The van der Waals surface area contributed by atoms with E-state index in [1.54, 1.807) is 7.11 Å². The Morgan fingerprint density at radius 1 is 1.59 bits per heavy atom. The molecule has 3 heterocycles. The summed E-state index contributed by atoms with van der Waals surface area (Å²) in [5.74, 6) is -0.171. The quantitative estimate of drug-likeness (QED) is 0.768. The smallest absolute Gasteiger partial charge is 0.272 e. The number of hydrogen-bond donors (Lipinski definition) is 3. The topological polar surface area (TPSA) is 91.9 Å². The van der Waals surface area contributed by atoms with Gasteiger partial charge in [-0.2, -0.15) is 5.10 Å². The monoisotopic (exact) mass is 321 g/mol. The number of methoxy groups -OCH3 is 1. The Kier molecular flexibility index (Phi) is 4.51. The number of rotatable bonds is 5. The zero-order valence-electron chi connectivity index (χ0n) is 12.6. The van der Waals surface area contributed by atoms with Crippen LogP contribution in [-0.2, 0) is 24.2 Å². The Morgan fingerprint density at radius 2 is 2.45 bits per heavy atom. The molecule has 1 aliphatic rings. The van der Waals surface area contributed by atoms with Crippen molar-refractivity contribution in [1.29, 1.82) is 0 Å². The van der Waals surface area contributed by atoms with E-state index in [0.717, 1.165) is 34.9 Å². The fraction of sp³-hybridized carbons (Fsp3) is 0.500. The predicted molar refractivity (Wildman–Crippen MR) is 82.7 cm³/mol. The molecule has 3 N–H and O–H groups in total. The highest BCUT2D eigenvalue weighted by Gasteiger charge is 2.21. The van der Waals surface area contributed by atoms with Gasteiger partial charge in [-0.25, -0.2) is 4.98 Å². The fourth-order valence-corrected chi connectivity index (χ4v) is 3.21. The average Bonchev–Trinajstić information content (AvgIpc) is 3.18. The summed E-state index contributed by atoms with van der Waals surface area (Å²) in [6.45, 7) is 3.93. The van der Waals surface area contributed by atoms with Gasteiger partial charge in [0.15, 0.2) is 5.69 Å². The molecule has 7 nitrogen and oxygen atoms in total. The van der Waals surface area contributed by atoms with Crippen LogP contribution in [0.15, 0.2) is 5.38 Å². The van der Waals surface area contributed by atoms with Gasteiger partial charge < -0.3 is 15.4 Å². The second kappa shape index (κ2) is 6.55. The van der Waals surface area contributed by atoms with Crippen molar-refractivity contribution in [3.63, 3.8) is 0 Å². The maximum Gasteiger partial charge on any atom is 0.272 e. The summed E-state index contributed by atoms with van der Waals surface area (Å²) < 4.78 is 5.24. The predicted octanol–water partition coefficient (Wildman–Crippen LogP) is 1.15. The summed E-state index contributed by atoms with van der Waals surface area (Å²) in [6, 6.07) is 0. The number of fused-ring (bicyclic) bond motifs is 1. The number of carbonyl (C=O) groups excluding carboxylic acids is 1. The van der Waals surface area contributed by atoms with Gasteiger partial charge in [0.25, 0.3) is 5.91 Å². The molecular weight excluding hydrogens is 302 g/mol. The molecule has 22 heavy (non-hydrogen) atoms. The van der Waals surface area contributed by atoms with E-state index < -0.39 is 0 Å². The second-order valence-corrected chi connectivity index (χ2v) is 6.08. The summed E-state index contributed by atoms with van der Waals surface area (Å²) in [6.07, 6.45) is 0.846. The Labute approximate surface area is 132 Å². The third kappa shape index (κ3) is 3.03. The van der Waals surface area contributed by atoms with Crippen molar-refractivity contribution in [1.82, 2.24) is 25.8 Å². The third-order valence-electron chi connectivity index (χ3n) is 3.72. The Balaban J connectivity index is 1.63. The molecule has 8 heteroatoms. The van der Waals surface area contributed by atoms with E-state index in [9.17, 15) is 4.79 Å². The first-order valence-electron chi connectivity index (χ1n) is 7.21. The number of nitrogens with zero attached hydrogens (tertiary/aromatic N) is 2. The minimum Gasteiger partial charge on any atom is -0.375 e. The van der Waals surface area contributed by atoms with Crippen molar-refractivity contribution in [3.8, 4) is 0 Å². The number of aromatic nitrogens is 3. The fourth-order valence-electron chi connectivity index (χ4n) is 2.36. The minimum atomic E-state index is -0.171. The standard InChI is InChI=1S/C14H19N5O2S/c1-8(21-2)14-17-9(7-22-14)5-16-13(20)12-10-6-15-4-3-11(10)18-19-12/h7-8,15H,3-6H2,1-2H3,(H,16,20)(H,18,19). The Hall–Kier alpha value is -1.77. The van der Waals surface area contributed by atoms with Gasteiger partial charge in [0.2, 0.25) is 0 Å². The number of amides is 1. The average molecular weight is 321 g/mol. The van der Waals surface area contributed by atoms with Gasteiger partial charge in [-0.15, -0.1) is 11.3 Å². The molecule has 0 saturated heterocycles. The molecule has 0 fully saturated rings. The van der Waals surface area contributed by atoms with Gasteiger partial charge in [-0.1, -0.05) is 0 Å². The molecule has 2 aromatic rings. The van der Waals surface area contributed by atoms with Gasteiger partial charge in [-0.05, 0) is 6.92 Å². The number of thiazole rings is 1. The largest absolute Gasteiger partial charge is 0.375 e. The van der Waals surface area contributed by atoms with Crippen LogP contribution in [0.25, 0.3) is 0 Å². The van der Waals surface area contributed by atoms with Crippen LogP contribution in [0.1, 0.15) is 45.5 Å². The van der Waals surface area contributed by atoms with Crippen molar-refractivity contribution in [2.45, 2.75) is 32.5 Å². The molecular formula is C14H19N5O2S. The SMILES string of the molecule is COC(C)c1nc(CNC(=O)c2n[nH]c3c2CNCC3)cs1. The first-order valence-corrected chi connectivity index (χ1v) is 8.09. The molecule has 2 aromatic heterocycles. The van der Waals surface area contributed by atoms with Crippen LogP contribution in [0.4, 0.5) is 0 Å². The van der Waals surface area contributed by atoms with Crippen molar-refractivity contribution in [3.05, 3.63) is 33.0 Å². The van der Waals surface area contributed by atoms with Crippen LogP contribution in [0, 0.1) is 0 Å². The summed E-state index contributed by atoms with van der Waals surface area (Å²) >= 11 is 1.54. The van der Waals surface area contributed by atoms with Crippen LogP contribution in [-0.4, -0.2) is 34.7 Å². The molecule has 0 aliphatic carbocycles. The van der Waals surface area contributed by atoms with Crippen LogP contribution < -0.4 is 10.6 Å². The maximum absolute atomic E-state index is 12.3. The molecule has 0 aromatic carbocycles. The van der Waals surface area contributed by atoms with E-state index in [1.807, 2.05) is 12.3 Å². The number of carbonyl (C=O) groups is 1. The normalized spacial score (nSPS) is 15.4. The second-order valence-electron chi connectivity index (χ2n) is 5.19. The highest BCUT2D eigenvalue weighted by molar-refractivity contribution is 7.09. The summed E-state index contributed by atoms with van der Waals surface area (Å²) in [5, 5.41) is 16.1. The Morgan fingerprint density at radius 3 is 3.27 bits per heavy atom. The zero-order chi connectivity index (χ0) is 15.5. The summed E-state index contributed by atoms with van der Waals surface area (Å²) in [4.78, 5) is 16.7. The zero-order valence-corrected chi connectivity index (χ0v) is 13.4. The van der Waals surface area contributed by atoms with Crippen LogP contribution >= 0.6 is 11.3 Å². The Bertz CT molecular complexity index is 666. The van der Waals surface area contributed by atoms with Crippen molar-refractivity contribution in [2.24, 2.45) is 0 Å². The van der Waals surface area contributed by atoms with Crippen molar-refractivity contribution in [2.75, 3.05) is 13.7 Å². The molecule has 1 atom stereocenters. The molecule has 1 unspecified atom stereocenters. The number of hydrogen-bond acceptors (Lipinski definition) is 6. The van der Waals surface area contributed by atoms with Gasteiger partial charge in [0, 0.05) is 43.3 Å².